The number of hydrogen-bond acceptors (Lipinski definition) is 2. The standard InChI is InChI=1S/C15H32N2/c1-6-13(4)10-14(5)17-9-7-8-16-15(11-17)12(2)3/h12-16H,6-11H2,1-5H3. The molecule has 0 saturated carbocycles. The molecule has 0 bridgehead atoms. The Balaban J connectivity index is 2.49. The maximum absolute atomic E-state index is 3.69. The number of nitrogens with zero attached hydrogens (tertiary/aromatic N) is 1. The van der Waals surface area contributed by atoms with E-state index in [1.165, 1.54) is 38.9 Å². The van der Waals surface area contributed by atoms with Crippen LogP contribution < -0.4 is 5.32 Å². The molecule has 3 unspecified atom stereocenters. The minimum absolute atomic E-state index is 0.678. The molecule has 0 amide bonds. The highest BCUT2D eigenvalue weighted by molar-refractivity contribution is 4.82. The molecule has 17 heavy (non-hydrogen) atoms. The molecule has 102 valence electrons. The van der Waals surface area contributed by atoms with Crippen molar-refractivity contribution in [2.75, 3.05) is 19.6 Å². The number of hydrogen-bond donors (Lipinski definition) is 1. The number of rotatable bonds is 5. The molecule has 0 spiro atoms. The summed E-state index contributed by atoms with van der Waals surface area (Å²) < 4.78 is 0. The van der Waals surface area contributed by atoms with Gasteiger partial charge in [0.05, 0.1) is 0 Å². The maximum atomic E-state index is 3.69. The molecule has 2 nitrogen and oxygen atoms in total. The first-order valence-corrected chi connectivity index (χ1v) is 7.52. The zero-order chi connectivity index (χ0) is 12.8. The molecule has 2 heteroatoms. The van der Waals surface area contributed by atoms with E-state index < -0.39 is 0 Å². The van der Waals surface area contributed by atoms with E-state index in [4.69, 9.17) is 0 Å². The summed E-state index contributed by atoms with van der Waals surface area (Å²) in [6, 6.07) is 1.42. The summed E-state index contributed by atoms with van der Waals surface area (Å²) in [5.41, 5.74) is 0. The van der Waals surface area contributed by atoms with Crippen LogP contribution in [0.3, 0.4) is 0 Å². The van der Waals surface area contributed by atoms with Crippen LogP contribution in [-0.4, -0.2) is 36.6 Å². The summed E-state index contributed by atoms with van der Waals surface area (Å²) in [5.74, 6) is 1.60. The van der Waals surface area contributed by atoms with Crippen LogP contribution in [0.25, 0.3) is 0 Å². The lowest BCUT2D eigenvalue weighted by molar-refractivity contribution is 0.169. The van der Waals surface area contributed by atoms with Gasteiger partial charge in [-0.1, -0.05) is 34.1 Å². The predicted octanol–water partition coefficient (Wildman–Crippen LogP) is 3.13. The maximum Gasteiger partial charge on any atom is 0.0218 e. The van der Waals surface area contributed by atoms with Crippen LogP contribution in [0.15, 0.2) is 0 Å². The van der Waals surface area contributed by atoms with E-state index in [0.29, 0.717) is 6.04 Å². The first kappa shape index (κ1) is 15.0. The van der Waals surface area contributed by atoms with Crippen LogP contribution in [0.5, 0.6) is 0 Å². The van der Waals surface area contributed by atoms with Crippen molar-refractivity contribution in [2.45, 2.75) is 66.0 Å². The van der Waals surface area contributed by atoms with E-state index in [1.807, 2.05) is 0 Å². The second-order valence-electron chi connectivity index (χ2n) is 6.25. The van der Waals surface area contributed by atoms with E-state index in [0.717, 1.165) is 17.9 Å². The van der Waals surface area contributed by atoms with Crippen LogP contribution >= 0.6 is 0 Å². The quantitative estimate of drug-likeness (QED) is 0.794. The first-order chi connectivity index (χ1) is 8.04. The normalized spacial score (nSPS) is 26.8. The van der Waals surface area contributed by atoms with Gasteiger partial charge < -0.3 is 5.32 Å². The Morgan fingerprint density at radius 2 is 1.94 bits per heavy atom. The zero-order valence-corrected chi connectivity index (χ0v) is 12.5. The Morgan fingerprint density at radius 3 is 2.53 bits per heavy atom. The van der Waals surface area contributed by atoms with Gasteiger partial charge in [0.15, 0.2) is 0 Å². The summed E-state index contributed by atoms with van der Waals surface area (Å²) in [6.07, 6.45) is 3.96. The van der Waals surface area contributed by atoms with Gasteiger partial charge in [-0.15, -0.1) is 0 Å². The molecule has 1 saturated heterocycles. The largest absolute Gasteiger partial charge is 0.312 e. The van der Waals surface area contributed by atoms with Gasteiger partial charge in [0, 0.05) is 18.6 Å². The fraction of sp³-hybridized carbons (Fsp3) is 1.00. The smallest absolute Gasteiger partial charge is 0.0218 e. The Bertz CT molecular complexity index is 203. The highest BCUT2D eigenvalue weighted by Gasteiger charge is 2.23. The average Bonchev–Trinajstić information content (AvgIpc) is 2.54. The molecule has 0 aromatic heterocycles. The highest BCUT2D eigenvalue weighted by Crippen LogP contribution is 2.17. The second-order valence-corrected chi connectivity index (χ2v) is 6.25. The van der Waals surface area contributed by atoms with E-state index in [9.17, 15) is 0 Å². The predicted molar refractivity (Wildman–Crippen MR) is 76.4 cm³/mol. The fourth-order valence-electron chi connectivity index (χ4n) is 2.72. The Labute approximate surface area is 108 Å². The Morgan fingerprint density at radius 1 is 1.24 bits per heavy atom. The first-order valence-electron chi connectivity index (χ1n) is 7.52. The molecule has 1 fully saturated rings. The van der Waals surface area contributed by atoms with E-state index in [-0.39, 0.29) is 0 Å². The summed E-state index contributed by atoms with van der Waals surface area (Å²) in [6.45, 7) is 15.5. The topological polar surface area (TPSA) is 15.3 Å². The monoisotopic (exact) mass is 240 g/mol. The van der Waals surface area contributed by atoms with Crippen LogP contribution in [0.2, 0.25) is 0 Å². The summed E-state index contributed by atoms with van der Waals surface area (Å²) in [7, 11) is 0. The highest BCUT2D eigenvalue weighted by atomic mass is 15.2. The third-order valence-corrected chi connectivity index (χ3v) is 4.33. The summed E-state index contributed by atoms with van der Waals surface area (Å²) in [4.78, 5) is 2.71. The number of nitrogens with one attached hydrogen (secondary N) is 1. The zero-order valence-electron chi connectivity index (χ0n) is 12.5. The van der Waals surface area contributed by atoms with Crippen LogP contribution in [0.1, 0.15) is 53.9 Å². The Kier molecular flexibility index (Phi) is 6.50. The SMILES string of the molecule is CCC(C)CC(C)N1CCCNC(C(C)C)C1. The molecule has 3 atom stereocenters. The lowest BCUT2D eigenvalue weighted by atomic mass is 9.98. The average molecular weight is 240 g/mol. The van der Waals surface area contributed by atoms with Gasteiger partial charge in [-0.2, -0.15) is 0 Å². The molecule has 0 aromatic rings. The van der Waals surface area contributed by atoms with Crippen LogP contribution in [0.4, 0.5) is 0 Å². The van der Waals surface area contributed by atoms with Gasteiger partial charge in [0.2, 0.25) is 0 Å². The Hall–Kier alpha value is -0.0800. The van der Waals surface area contributed by atoms with Gasteiger partial charge in [-0.05, 0) is 44.7 Å². The van der Waals surface area contributed by atoms with Crippen molar-refractivity contribution < 1.29 is 0 Å². The van der Waals surface area contributed by atoms with Crippen molar-refractivity contribution in [1.29, 1.82) is 0 Å². The van der Waals surface area contributed by atoms with Gasteiger partial charge >= 0.3 is 0 Å². The van der Waals surface area contributed by atoms with Gasteiger partial charge in [0.25, 0.3) is 0 Å². The molecule has 1 rings (SSSR count). The van der Waals surface area contributed by atoms with E-state index in [2.05, 4.69) is 44.8 Å². The minimum atomic E-state index is 0.678. The molecule has 1 N–H and O–H groups in total. The summed E-state index contributed by atoms with van der Waals surface area (Å²) >= 11 is 0. The fourth-order valence-corrected chi connectivity index (χ4v) is 2.72. The minimum Gasteiger partial charge on any atom is -0.312 e. The van der Waals surface area contributed by atoms with Crippen molar-refractivity contribution in [3.63, 3.8) is 0 Å². The second kappa shape index (κ2) is 7.38. The van der Waals surface area contributed by atoms with Crippen molar-refractivity contribution in [3.8, 4) is 0 Å². The van der Waals surface area contributed by atoms with Crippen molar-refractivity contribution in [2.24, 2.45) is 11.8 Å². The molecule has 0 radical (unpaired) electrons. The third kappa shape index (κ3) is 4.97. The van der Waals surface area contributed by atoms with Gasteiger partial charge in [-0.25, -0.2) is 0 Å². The van der Waals surface area contributed by atoms with Gasteiger partial charge in [-0.3, -0.25) is 4.90 Å². The van der Waals surface area contributed by atoms with Crippen LogP contribution in [0, 0.1) is 11.8 Å². The van der Waals surface area contributed by atoms with E-state index in [1.54, 1.807) is 0 Å². The molecule has 1 aliphatic rings. The molecular weight excluding hydrogens is 208 g/mol. The third-order valence-electron chi connectivity index (χ3n) is 4.33. The molecule has 1 heterocycles. The molecule has 1 aliphatic heterocycles. The van der Waals surface area contributed by atoms with Crippen LogP contribution in [-0.2, 0) is 0 Å². The van der Waals surface area contributed by atoms with E-state index >= 15 is 0 Å². The lowest BCUT2D eigenvalue weighted by Gasteiger charge is -2.32. The molecular formula is C15H32N2. The lowest BCUT2D eigenvalue weighted by Crippen LogP contribution is -2.44. The molecule has 0 aromatic carbocycles. The van der Waals surface area contributed by atoms with Gasteiger partial charge in [0.1, 0.15) is 0 Å². The molecule has 0 aliphatic carbocycles. The summed E-state index contributed by atoms with van der Waals surface area (Å²) in [5, 5.41) is 3.69. The van der Waals surface area contributed by atoms with Crippen molar-refractivity contribution in [1.82, 2.24) is 10.2 Å². The van der Waals surface area contributed by atoms with Crippen molar-refractivity contribution >= 4 is 0 Å². The van der Waals surface area contributed by atoms with Crippen molar-refractivity contribution in [3.05, 3.63) is 0 Å².